The predicted molar refractivity (Wildman–Crippen MR) is 111 cm³/mol. The van der Waals surface area contributed by atoms with Gasteiger partial charge in [0.1, 0.15) is 54.0 Å². The number of fused-ring (bicyclic) bond motifs is 1. The summed E-state index contributed by atoms with van der Waals surface area (Å²) in [5, 5.41) is 45.2. The minimum absolute atomic E-state index is 0.0815. The quantitative estimate of drug-likeness (QED) is 0.112. The molecule has 33 heavy (non-hydrogen) atoms. The Kier molecular flexibility index (Phi) is 9.21. The van der Waals surface area contributed by atoms with Crippen LogP contribution in [0, 0.1) is 0 Å². The number of ether oxygens (including phenoxy) is 3. The Labute approximate surface area is 188 Å². The lowest BCUT2D eigenvalue weighted by atomic mass is 10.1. The smallest absolute Gasteiger partial charge is 0.241 e. The van der Waals surface area contributed by atoms with E-state index in [0.29, 0.717) is 26.4 Å². The van der Waals surface area contributed by atoms with Crippen LogP contribution in [0.4, 0.5) is 5.82 Å². The molecule has 3 rings (SSSR count). The molecule has 4 atom stereocenters. The zero-order valence-corrected chi connectivity index (χ0v) is 17.8. The Bertz CT molecular complexity index is 913. The van der Waals surface area contributed by atoms with E-state index in [9.17, 15) is 20.1 Å². The topological polar surface area (TPSA) is 219 Å². The summed E-state index contributed by atoms with van der Waals surface area (Å²) < 4.78 is 17.4. The van der Waals surface area contributed by atoms with Gasteiger partial charge < -0.3 is 45.8 Å². The van der Waals surface area contributed by atoms with Gasteiger partial charge >= 0.3 is 0 Å². The maximum Gasteiger partial charge on any atom is 0.241 e. The van der Waals surface area contributed by atoms with Crippen LogP contribution in [0.15, 0.2) is 6.33 Å². The van der Waals surface area contributed by atoms with Crippen molar-refractivity contribution in [3.05, 3.63) is 12.0 Å². The zero-order valence-electron chi connectivity index (χ0n) is 17.8. The second-order valence-corrected chi connectivity index (χ2v) is 7.24. The van der Waals surface area contributed by atoms with Crippen LogP contribution in [0.1, 0.15) is 11.8 Å². The molecule has 1 amide bonds. The third kappa shape index (κ3) is 6.10. The van der Waals surface area contributed by atoms with Gasteiger partial charge in [0.15, 0.2) is 5.82 Å². The van der Waals surface area contributed by atoms with Crippen molar-refractivity contribution in [2.24, 2.45) is 0 Å². The van der Waals surface area contributed by atoms with Gasteiger partial charge in [-0.3, -0.25) is 4.79 Å². The number of rotatable bonds is 13. The highest BCUT2D eigenvalue weighted by atomic mass is 16.6. The molecular weight excluding hydrogens is 442 g/mol. The van der Waals surface area contributed by atoms with Crippen molar-refractivity contribution in [2.75, 3.05) is 51.9 Å². The molecule has 2 aromatic rings. The maximum absolute atomic E-state index is 12.4. The minimum Gasteiger partial charge on any atom is -0.394 e. The number of nitrogens with zero attached hydrogens (tertiary/aromatic N) is 4. The zero-order chi connectivity index (χ0) is 23.8. The number of carbonyl (C=O) groups excluding carboxylic acids is 1. The van der Waals surface area contributed by atoms with E-state index in [1.807, 2.05) is 5.48 Å². The average Bonchev–Trinajstić information content (AvgIpc) is 3.30. The van der Waals surface area contributed by atoms with Crippen LogP contribution in [0.25, 0.3) is 11.0 Å². The third-order valence-corrected chi connectivity index (χ3v) is 4.98. The van der Waals surface area contributed by atoms with Crippen LogP contribution in [-0.2, 0) is 25.5 Å². The number of hydroxylamine groups is 1. The number of carbonyl (C=O) groups is 1. The summed E-state index contributed by atoms with van der Waals surface area (Å²) in [5.74, 6) is -0.290. The summed E-state index contributed by atoms with van der Waals surface area (Å²) >= 11 is 0. The number of aromatic nitrogens is 4. The number of aliphatic hydroxyl groups excluding tert-OH is 3. The van der Waals surface area contributed by atoms with E-state index in [-0.39, 0.29) is 48.1 Å². The van der Waals surface area contributed by atoms with Gasteiger partial charge in [0, 0.05) is 13.1 Å². The Hall–Kier alpha value is -2.50. The summed E-state index contributed by atoms with van der Waals surface area (Å²) in [6.07, 6.45) is -3.48. The number of anilines is 1. The van der Waals surface area contributed by atoms with Crippen LogP contribution in [0.2, 0.25) is 0 Å². The summed E-state index contributed by atoms with van der Waals surface area (Å²) in [6, 6.07) is 0. The maximum atomic E-state index is 12.4. The van der Waals surface area contributed by atoms with Gasteiger partial charge in [0.25, 0.3) is 0 Å². The molecule has 0 radical (unpaired) electrons. The first-order valence-corrected chi connectivity index (χ1v) is 10.4. The lowest BCUT2D eigenvalue weighted by Crippen LogP contribution is -2.32. The van der Waals surface area contributed by atoms with Crippen LogP contribution >= 0.6 is 0 Å². The molecule has 184 valence electrons. The van der Waals surface area contributed by atoms with Crippen LogP contribution < -0.4 is 16.5 Å². The number of hydrogen-bond acceptors (Lipinski definition) is 13. The minimum atomic E-state index is -1.35. The molecular formula is C18H29N7O8. The number of hydrogen-bond donors (Lipinski definition) is 7. The van der Waals surface area contributed by atoms with Crippen molar-refractivity contribution in [1.29, 1.82) is 0 Å². The average molecular weight is 471 g/mol. The second-order valence-electron chi connectivity index (χ2n) is 7.24. The van der Waals surface area contributed by atoms with Crippen molar-refractivity contribution in [1.82, 2.24) is 30.5 Å². The van der Waals surface area contributed by atoms with E-state index in [1.165, 1.54) is 11.0 Å². The molecule has 1 aliphatic heterocycles. The Balaban J connectivity index is 1.59. The molecule has 0 aromatic carbocycles. The van der Waals surface area contributed by atoms with E-state index < -0.39 is 31.0 Å². The van der Waals surface area contributed by atoms with Crippen molar-refractivity contribution in [3.63, 3.8) is 0 Å². The second kappa shape index (κ2) is 12.1. The van der Waals surface area contributed by atoms with E-state index in [2.05, 4.69) is 20.4 Å². The van der Waals surface area contributed by atoms with Gasteiger partial charge in [-0.05, 0) is 0 Å². The van der Waals surface area contributed by atoms with Gasteiger partial charge in [-0.1, -0.05) is 0 Å². The Morgan fingerprint density at radius 3 is 2.55 bits per heavy atom. The lowest BCUT2D eigenvalue weighted by molar-refractivity contribution is -0.122. The lowest BCUT2D eigenvalue weighted by Gasteiger charge is -2.12. The van der Waals surface area contributed by atoms with Gasteiger partial charge in [0.05, 0.1) is 33.0 Å². The Morgan fingerprint density at radius 1 is 1.15 bits per heavy atom. The number of amides is 1. The standard InChI is InChI=1S/C18H29N7O8/c19-18-14-12(21-9-22-18)13(17-16(29)15(28)10(8-26)33-17)24-25(14)7-11(27)20-1-3-31-5-6-32-4-2-23-30/h9-10,15-17,23,26,28-30H,1-8H2,(H,20,27)(H2,19,21,22). The van der Waals surface area contributed by atoms with Gasteiger partial charge in [-0.2, -0.15) is 5.10 Å². The SMILES string of the molecule is Nc1ncnc2c(C3OC(CO)C(O)C3O)nn(CC(=O)NCCOCCOCCNO)c12. The summed E-state index contributed by atoms with van der Waals surface area (Å²) in [6.45, 7) is 1.21. The van der Waals surface area contributed by atoms with Crippen molar-refractivity contribution >= 4 is 22.8 Å². The Morgan fingerprint density at radius 2 is 1.88 bits per heavy atom. The fourth-order valence-electron chi connectivity index (χ4n) is 3.39. The molecule has 4 unspecified atom stereocenters. The molecule has 8 N–H and O–H groups in total. The number of nitrogen functional groups attached to an aromatic ring is 1. The van der Waals surface area contributed by atoms with E-state index in [4.69, 9.17) is 25.2 Å². The molecule has 15 heteroatoms. The molecule has 15 nitrogen and oxygen atoms in total. The molecule has 0 spiro atoms. The number of aliphatic hydroxyl groups is 3. The van der Waals surface area contributed by atoms with Crippen LogP contribution in [0.3, 0.4) is 0 Å². The van der Waals surface area contributed by atoms with Crippen molar-refractivity contribution in [2.45, 2.75) is 31.0 Å². The fraction of sp³-hybridized carbons (Fsp3) is 0.667. The van der Waals surface area contributed by atoms with E-state index >= 15 is 0 Å². The fourth-order valence-corrected chi connectivity index (χ4v) is 3.39. The molecule has 1 fully saturated rings. The number of nitrogens with two attached hydrogens (primary N) is 1. The first-order valence-electron chi connectivity index (χ1n) is 10.4. The van der Waals surface area contributed by atoms with Crippen LogP contribution in [0.5, 0.6) is 0 Å². The highest BCUT2D eigenvalue weighted by Crippen LogP contribution is 2.36. The van der Waals surface area contributed by atoms with E-state index in [0.717, 1.165) is 0 Å². The first-order chi connectivity index (χ1) is 16.0. The van der Waals surface area contributed by atoms with Crippen molar-refractivity contribution < 1.29 is 39.5 Å². The summed E-state index contributed by atoms with van der Waals surface area (Å²) in [4.78, 5) is 20.5. The normalized spacial score (nSPS) is 22.8. The molecule has 0 aliphatic carbocycles. The largest absolute Gasteiger partial charge is 0.394 e. The van der Waals surface area contributed by atoms with Gasteiger partial charge in [-0.25, -0.2) is 20.1 Å². The predicted octanol–water partition coefficient (Wildman–Crippen LogP) is -3.31. The highest BCUT2D eigenvalue weighted by molar-refractivity contribution is 5.88. The number of nitrogens with one attached hydrogen (secondary N) is 2. The summed E-state index contributed by atoms with van der Waals surface area (Å²) in [5.41, 5.74) is 8.67. The monoisotopic (exact) mass is 471 g/mol. The summed E-state index contributed by atoms with van der Waals surface area (Å²) in [7, 11) is 0. The van der Waals surface area contributed by atoms with Gasteiger partial charge in [-0.15, -0.1) is 0 Å². The molecule has 0 saturated carbocycles. The van der Waals surface area contributed by atoms with Crippen LogP contribution in [-0.4, -0.2) is 111 Å². The molecule has 2 aromatic heterocycles. The first kappa shape index (κ1) is 25.1. The van der Waals surface area contributed by atoms with E-state index in [1.54, 1.807) is 0 Å². The molecule has 1 saturated heterocycles. The van der Waals surface area contributed by atoms with Crippen molar-refractivity contribution in [3.8, 4) is 0 Å². The molecule has 3 heterocycles. The third-order valence-electron chi connectivity index (χ3n) is 4.98. The highest BCUT2D eigenvalue weighted by Gasteiger charge is 2.45. The van der Waals surface area contributed by atoms with Gasteiger partial charge in [0.2, 0.25) is 5.91 Å². The molecule has 1 aliphatic rings. The molecule has 0 bridgehead atoms.